The van der Waals surface area contributed by atoms with Crippen LogP contribution >= 0.6 is 71.5 Å². The Morgan fingerprint density at radius 1 is 1.11 bits per heavy atom. The van der Waals surface area contributed by atoms with Crippen molar-refractivity contribution in [3.8, 4) is 0 Å². The van der Waals surface area contributed by atoms with Crippen molar-refractivity contribution in [1.82, 2.24) is 5.09 Å². The molecule has 0 rings (SSSR count). The Bertz CT molecular complexity index is 243. The van der Waals surface area contributed by atoms with Gasteiger partial charge in [-0.2, -0.15) is 0 Å². The molecule has 0 radical (unpaired) electrons. The minimum atomic E-state index is -3.38. The smallest absolute Gasteiger partial charge is 0.395 e. The van der Waals surface area contributed by atoms with Crippen molar-refractivity contribution in [1.29, 1.82) is 0 Å². The maximum Gasteiger partial charge on any atom is 0.405 e. The van der Waals surface area contributed by atoms with Crippen molar-refractivity contribution in [2.75, 3.05) is 37.0 Å². The molecule has 5 nitrogen and oxygen atoms in total. The second-order valence-corrected chi connectivity index (χ2v) is 8.94. The van der Waals surface area contributed by atoms with Crippen LogP contribution in [-0.4, -0.2) is 51.8 Å². The second-order valence-electron chi connectivity index (χ2n) is 3.22. The fraction of sp³-hybridized carbons (Fsp3) is 1.00. The number of hydrogen-bond acceptors (Lipinski definition) is 4. The van der Waals surface area contributed by atoms with E-state index >= 15 is 0 Å². The molecule has 0 aliphatic rings. The predicted octanol–water partition coefficient (Wildman–Crippen LogP) is 3.03. The van der Waals surface area contributed by atoms with Gasteiger partial charge in [0.2, 0.25) is 0 Å². The molecule has 10 heteroatoms. The van der Waals surface area contributed by atoms with E-state index in [9.17, 15) is 4.57 Å². The minimum Gasteiger partial charge on any atom is -0.395 e. The van der Waals surface area contributed by atoms with E-state index in [1.54, 1.807) is 0 Å². The zero-order chi connectivity index (χ0) is 14.0. The highest BCUT2D eigenvalue weighted by atomic mass is 79.9. The molecular weight excluding hydrogens is 525 g/mol. The van der Waals surface area contributed by atoms with Crippen LogP contribution in [0.2, 0.25) is 0 Å². The van der Waals surface area contributed by atoms with E-state index in [1.165, 1.54) is 0 Å². The number of rotatable bonds is 11. The number of hydrogen-bond donors (Lipinski definition) is 2. The molecular formula is C8H16Br4NO4P. The van der Waals surface area contributed by atoms with Crippen LogP contribution in [0.1, 0.15) is 0 Å². The van der Waals surface area contributed by atoms with E-state index in [0.29, 0.717) is 10.7 Å². The van der Waals surface area contributed by atoms with Crippen LogP contribution in [-0.2, 0) is 13.6 Å². The van der Waals surface area contributed by atoms with E-state index in [-0.39, 0.29) is 36.0 Å². The molecule has 18 heavy (non-hydrogen) atoms. The highest BCUT2D eigenvalue weighted by Crippen LogP contribution is 2.44. The molecule has 0 saturated heterocycles. The van der Waals surface area contributed by atoms with Gasteiger partial charge in [0.25, 0.3) is 0 Å². The summed E-state index contributed by atoms with van der Waals surface area (Å²) < 4.78 is 22.8. The van der Waals surface area contributed by atoms with Gasteiger partial charge in [-0.05, 0) is 0 Å². The number of alkyl halides is 4. The van der Waals surface area contributed by atoms with Gasteiger partial charge >= 0.3 is 7.75 Å². The van der Waals surface area contributed by atoms with Gasteiger partial charge in [-0.15, -0.1) is 0 Å². The molecule has 2 atom stereocenters. The average Bonchev–Trinajstić information content (AvgIpc) is 2.40. The average molecular weight is 541 g/mol. The van der Waals surface area contributed by atoms with Crippen molar-refractivity contribution in [2.24, 2.45) is 0 Å². The fourth-order valence-electron chi connectivity index (χ4n) is 0.763. The Morgan fingerprint density at radius 3 is 1.89 bits per heavy atom. The summed E-state index contributed by atoms with van der Waals surface area (Å²) in [6, 6.07) is 0. The monoisotopic (exact) mass is 537 g/mol. The third kappa shape index (κ3) is 9.83. The normalized spacial score (nSPS) is 15.6. The summed E-state index contributed by atoms with van der Waals surface area (Å²) in [7, 11) is -3.38. The Hall–Kier alpha value is 1.99. The summed E-state index contributed by atoms with van der Waals surface area (Å²) >= 11 is 13.3. The summed E-state index contributed by atoms with van der Waals surface area (Å²) in [4.78, 5) is 0.0857. The fourth-order valence-corrected chi connectivity index (χ4v) is 3.19. The summed E-state index contributed by atoms with van der Waals surface area (Å²) in [6.07, 6.45) is 0. The molecule has 110 valence electrons. The second kappa shape index (κ2) is 11.6. The van der Waals surface area contributed by atoms with E-state index in [2.05, 4.69) is 68.8 Å². The number of aliphatic hydroxyl groups is 1. The highest BCUT2D eigenvalue weighted by Gasteiger charge is 2.26. The first kappa shape index (κ1) is 20.0. The molecule has 0 aromatic heterocycles. The standard InChI is InChI=1S/C8H16Br4NO4P/c9-3-7(11)5-16-18(15,13-1-2-14)17-6-8(12)4-10/h7-8,14H,1-6H2,(H,13,15)/t7-,8-/m0/s1. The molecule has 0 bridgehead atoms. The van der Waals surface area contributed by atoms with Crippen molar-refractivity contribution in [3.63, 3.8) is 0 Å². The van der Waals surface area contributed by atoms with Crippen LogP contribution in [0.3, 0.4) is 0 Å². The molecule has 0 aromatic rings. The van der Waals surface area contributed by atoms with E-state index in [4.69, 9.17) is 14.2 Å². The first-order chi connectivity index (χ1) is 8.47. The van der Waals surface area contributed by atoms with Gasteiger partial charge in [-0.25, -0.2) is 9.65 Å². The Kier molecular flexibility index (Phi) is 12.9. The molecule has 0 spiro atoms. The van der Waals surface area contributed by atoms with Gasteiger partial charge in [0, 0.05) is 26.9 Å². The van der Waals surface area contributed by atoms with Crippen molar-refractivity contribution < 1.29 is 18.7 Å². The molecule has 0 saturated carbocycles. The summed E-state index contributed by atoms with van der Waals surface area (Å²) in [6.45, 7) is 0.493. The van der Waals surface area contributed by atoms with Crippen LogP contribution in [0.4, 0.5) is 0 Å². The Morgan fingerprint density at radius 2 is 1.56 bits per heavy atom. The van der Waals surface area contributed by atoms with E-state index < -0.39 is 7.75 Å². The molecule has 2 N–H and O–H groups in total. The third-order valence-corrected chi connectivity index (χ3v) is 7.67. The van der Waals surface area contributed by atoms with Gasteiger partial charge < -0.3 is 5.11 Å². The van der Waals surface area contributed by atoms with Crippen LogP contribution in [0, 0.1) is 0 Å². The topological polar surface area (TPSA) is 67.8 Å². The van der Waals surface area contributed by atoms with Crippen molar-refractivity contribution in [3.05, 3.63) is 0 Å². The zero-order valence-electron chi connectivity index (χ0n) is 9.53. The first-order valence-electron chi connectivity index (χ1n) is 5.12. The first-order valence-corrected chi connectivity index (χ1v) is 10.7. The lowest BCUT2D eigenvalue weighted by molar-refractivity contribution is 0.197. The largest absolute Gasteiger partial charge is 0.405 e. The summed E-state index contributed by atoms with van der Waals surface area (Å²) in [5.74, 6) is 0. The molecule has 0 unspecified atom stereocenters. The van der Waals surface area contributed by atoms with Crippen molar-refractivity contribution in [2.45, 2.75) is 9.65 Å². The lowest BCUT2D eigenvalue weighted by Crippen LogP contribution is -2.23. The van der Waals surface area contributed by atoms with Crippen LogP contribution in [0.25, 0.3) is 0 Å². The summed E-state index contributed by atoms with van der Waals surface area (Å²) in [5, 5.41) is 12.7. The summed E-state index contributed by atoms with van der Waals surface area (Å²) in [5.41, 5.74) is 0. The van der Waals surface area contributed by atoms with Crippen LogP contribution < -0.4 is 5.09 Å². The molecule has 0 heterocycles. The molecule has 0 aliphatic heterocycles. The maximum atomic E-state index is 12.3. The van der Waals surface area contributed by atoms with Crippen molar-refractivity contribution >= 4 is 71.5 Å². The van der Waals surface area contributed by atoms with Crippen LogP contribution in [0.15, 0.2) is 0 Å². The predicted molar refractivity (Wildman–Crippen MR) is 87.6 cm³/mol. The molecule has 0 fully saturated rings. The van der Waals surface area contributed by atoms with Gasteiger partial charge in [0.1, 0.15) is 0 Å². The zero-order valence-corrected chi connectivity index (χ0v) is 16.8. The number of aliphatic hydroxyl groups excluding tert-OH is 1. The molecule has 0 amide bonds. The highest BCUT2D eigenvalue weighted by molar-refractivity contribution is 9.12. The van der Waals surface area contributed by atoms with Gasteiger partial charge in [-0.3, -0.25) is 9.05 Å². The Labute approximate surface area is 141 Å². The van der Waals surface area contributed by atoms with Crippen LogP contribution in [0.5, 0.6) is 0 Å². The SMILES string of the molecule is O=P(NCCO)(OC[C@@H](Br)CBr)OC[C@@H](Br)CBr. The minimum absolute atomic E-state index is 0.0429. The number of halogens is 4. The lowest BCUT2D eigenvalue weighted by Gasteiger charge is -2.21. The lowest BCUT2D eigenvalue weighted by atomic mass is 10.5. The van der Waals surface area contributed by atoms with Gasteiger partial charge in [-0.1, -0.05) is 63.7 Å². The van der Waals surface area contributed by atoms with E-state index in [1.807, 2.05) is 0 Å². The van der Waals surface area contributed by atoms with E-state index in [0.717, 1.165) is 0 Å². The van der Waals surface area contributed by atoms with Gasteiger partial charge in [0.15, 0.2) is 0 Å². The third-order valence-electron chi connectivity index (χ3n) is 1.60. The molecule has 0 aromatic carbocycles. The molecule has 0 aliphatic carbocycles. The quantitative estimate of drug-likeness (QED) is 0.312. The maximum absolute atomic E-state index is 12.3. The number of nitrogens with one attached hydrogen (secondary N) is 1. The Balaban J connectivity index is 4.28. The van der Waals surface area contributed by atoms with Gasteiger partial charge in [0.05, 0.1) is 19.8 Å².